The van der Waals surface area contributed by atoms with Crippen LogP contribution in [0, 0.1) is 11.6 Å². The van der Waals surface area contributed by atoms with E-state index in [9.17, 15) is 13.6 Å². The number of rotatable bonds is 3. The van der Waals surface area contributed by atoms with E-state index >= 15 is 0 Å². The molecule has 2 rings (SSSR count). The Kier molecular flexibility index (Phi) is 3.46. The van der Waals surface area contributed by atoms with Gasteiger partial charge in [-0.2, -0.15) is 0 Å². The fourth-order valence-corrected chi connectivity index (χ4v) is 1.79. The normalized spacial score (nSPS) is 10.3. The van der Waals surface area contributed by atoms with E-state index in [0.29, 0.717) is 5.75 Å². The molecule has 98 valence electrons. The molecule has 0 unspecified atom stereocenters. The third-order valence-corrected chi connectivity index (χ3v) is 2.63. The molecule has 0 atom stereocenters. The lowest BCUT2D eigenvalue weighted by Gasteiger charge is -2.09. The number of hydrogen-bond acceptors (Lipinski definition) is 2. The summed E-state index contributed by atoms with van der Waals surface area (Å²) in [5.41, 5.74) is 0.314. The fraction of sp³-hybridized carbons (Fsp3) is 0.0714. The Bertz CT molecular complexity index is 618. The topological polar surface area (TPSA) is 46.5 Å². The minimum atomic E-state index is -1.20. The molecule has 0 radical (unpaired) electrons. The zero-order valence-corrected chi connectivity index (χ0v) is 9.98. The van der Waals surface area contributed by atoms with Crippen LogP contribution in [0.15, 0.2) is 36.4 Å². The van der Waals surface area contributed by atoms with Crippen LogP contribution in [0.3, 0.4) is 0 Å². The Morgan fingerprint density at radius 3 is 2.26 bits per heavy atom. The SMILES string of the molecule is COc1ccc(-c2cc(F)cc(F)c2)c(C(=O)O)c1. The maximum Gasteiger partial charge on any atom is 0.336 e. The monoisotopic (exact) mass is 264 g/mol. The van der Waals surface area contributed by atoms with E-state index in [2.05, 4.69) is 0 Å². The van der Waals surface area contributed by atoms with E-state index in [4.69, 9.17) is 9.84 Å². The second kappa shape index (κ2) is 5.06. The Labute approximate surface area is 108 Å². The van der Waals surface area contributed by atoms with Crippen molar-refractivity contribution in [2.75, 3.05) is 7.11 Å². The molecule has 0 bridgehead atoms. The fourth-order valence-electron chi connectivity index (χ4n) is 1.79. The van der Waals surface area contributed by atoms with Crippen LogP contribution in [0.5, 0.6) is 5.75 Å². The third-order valence-electron chi connectivity index (χ3n) is 2.63. The van der Waals surface area contributed by atoms with Crippen LogP contribution in [0.25, 0.3) is 11.1 Å². The minimum Gasteiger partial charge on any atom is -0.497 e. The van der Waals surface area contributed by atoms with Crippen molar-refractivity contribution in [1.82, 2.24) is 0 Å². The maximum atomic E-state index is 13.2. The molecule has 0 saturated carbocycles. The molecule has 3 nitrogen and oxygen atoms in total. The summed E-state index contributed by atoms with van der Waals surface area (Å²) in [6, 6.07) is 7.18. The van der Waals surface area contributed by atoms with Gasteiger partial charge in [-0.1, -0.05) is 0 Å². The predicted molar refractivity (Wildman–Crippen MR) is 65.3 cm³/mol. The van der Waals surface area contributed by atoms with Gasteiger partial charge in [0, 0.05) is 6.07 Å². The smallest absolute Gasteiger partial charge is 0.336 e. The summed E-state index contributed by atoms with van der Waals surface area (Å²) in [6.45, 7) is 0. The van der Waals surface area contributed by atoms with Crippen LogP contribution >= 0.6 is 0 Å². The number of halogens is 2. The molecule has 0 aliphatic carbocycles. The van der Waals surface area contributed by atoms with E-state index in [1.54, 1.807) is 0 Å². The lowest BCUT2D eigenvalue weighted by molar-refractivity contribution is 0.0697. The third kappa shape index (κ3) is 2.70. The average molecular weight is 264 g/mol. The Hall–Kier alpha value is -2.43. The first-order valence-electron chi connectivity index (χ1n) is 5.39. The van der Waals surface area contributed by atoms with E-state index in [-0.39, 0.29) is 16.7 Å². The molecule has 0 aromatic heterocycles. The first-order chi connectivity index (χ1) is 9.01. The van der Waals surface area contributed by atoms with Gasteiger partial charge in [0.2, 0.25) is 0 Å². The highest BCUT2D eigenvalue weighted by molar-refractivity contribution is 5.96. The van der Waals surface area contributed by atoms with Crippen molar-refractivity contribution in [3.05, 3.63) is 53.6 Å². The highest BCUT2D eigenvalue weighted by Crippen LogP contribution is 2.28. The number of carbonyl (C=O) groups is 1. The lowest BCUT2D eigenvalue weighted by atomic mass is 9.99. The molecule has 19 heavy (non-hydrogen) atoms. The molecule has 2 aromatic rings. The molecule has 0 fully saturated rings. The van der Waals surface area contributed by atoms with E-state index in [0.717, 1.165) is 18.2 Å². The Balaban J connectivity index is 2.64. The molecular weight excluding hydrogens is 254 g/mol. The van der Waals surface area contributed by atoms with Crippen LogP contribution in [0.1, 0.15) is 10.4 Å². The summed E-state index contributed by atoms with van der Waals surface area (Å²) < 4.78 is 31.3. The predicted octanol–water partition coefficient (Wildman–Crippen LogP) is 3.34. The number of carboxylic acids is 1. The maximum absolute atomic E-state index is 13.2. The van der Waals surface area contributed by atoms with Crippen molar-refractivity contribution in [2.45, 2.75) is 0 Å². The van der Waals surface area contributed by atoms with Crippen LogP contribution in [0.2, 0.25) is 0 Å². The molecule has 0 amide bonds. The second-order valence-corrected chi connectivity index (χ2v) is 3.87. The summed E-state index contributed by atoms with van der Waals surface area (Å²) in [4.78, 5) is 11.2. The number of ether oxygens (including phenoxy) is 1. The van der Waals surface area contributed by atoms with Crippen LogP contribution in [-0.2, 0) is 0 Å². The standard InChI is InChI=1S/C14H10F2O3/c1-19-11-2-3-12(13(7-11)14(17)18)8-4-9(15)6-10(16)5-8/h2-7H,1H3,(H,17,18). The summed E-state index contributed by atoms with van der Waals surface area (Å²) in [7, 11) is 1.41. The zero-order chi connectivity index (χ0) is 14.0. The summed E-state index contributed by atoms with van der Waals surface area (Å²) >= 11 is 0. The van der Waals surface area contributed by atoms with Gasteiger partial charge in [-0.05, 0) is 41.5 Å². The van der Waals surface area contributed by atoms with Crippen LogP contribution < -0.4 is 4.74 Å². The largest absolute Gasteiger partial charge is 0.497 e. The number of benzene rings is 2. The van der Waals surface area contributed by atoms with Gasteiger partial charge >= 0.3 is 5.97 Å². The highest BCUT2D eigenvalue weighted by Gasteiger charge is 2.14. The van der Waals surface area contributed by atoms with Crippen molar-refractivity contribution >= 4 is 5.97 Å². The highest BCUT2D eigenvalue weighted by atomic mass is 19.1. The summed E-state index contributed by atoms with van der Waals surface area (Å²) in [6.07, 6.45) is 0. The molecule has 0 aliphatic heterocycles. The van der Waals surface area contributed by atoms with Crippen molar-refractivity contribution in [3.8, 4) is 16.9 Å². The number of carboxylic acid groups (broad SMARTS) is 1. The Morgan fingerprint density at radius 1 is 1.11 bits per heavy atom. The second-order valence-electron chi connectivity index (χ2n) is 3.87. The Morgan fingerprint density at radius 2 is 1.74 bits per heavy atom. The van der Waals surface area contributed by atoms with Gasteiger partial charge in [-0.15, -0.1) is 0 Å². The molecule has 1 N–H and O–H groups in total. The van der Waals surface area contributed by atoms with Gasteiger partial charge in [-0.3, -0.25) is 0 Å². The van der Waals surface area contributed by atoms with Gasteiger partial charge in [0.05, 0.1) is 12.7 Å². The molecule has 0 spiro atoms. The van der Waals surface area contributed by atoms with Gasteiger partial charge in [0.15, 0.2) is 0 Å². The number of hydrogen-bond donors (Lipinski definition) is 1. The first-order valence-corrected chi connectivity index (χ1v) is 5.39. The molecular formula is C14H10F2O3. The molecule has 2 aromatic carbocycles. The molecule has 0 saturated heterocycles. The summed E-state index contributed by atoms with van der Waals surface area (Å²) in [5, 5.41) is 9.14. The van der Waals surface area contributed by atoms with E-state index in [1.807, 2.05) is 0 Å². The van der Waals surface area contributed by atoms with Gasteiger partial charge in [-0.25, -0.2) is 13.6 Å². The van der Waals surface area contributed by atoms with E-state index in [1.165, 1.54) is 25.3 Å². The average Bonchev–Trinajstić information content (AvgIpc) is 2.36. The van der Waals surface area contributed by atoms with Crippen molar-refractivity contribution in [3.63, 3.8) is 0 Å². The van der Waals surface area contributed by atoms with Crippen LogP contribution in [-0.4, -0.2) is 18.2 Å². The zero-order valence-electron chi connectivity index (χ0n) is 9.98. The van der Waals surface area contributed by atoms with Crippen molar-refractivity contribution < 1.29 is 23.4 Å². The van der Waals surface area contributed by atoms with Crippen molar-refractivity contribution in [2.24, 2.45) is 0 Å². The van der Waals surface area contributed by atoms with Crippen molar-refractivity contribution in [1.29, 1.82) is 0 Å². The lowest BCUT2D eigenvalue weighted by Crippen LogP contribution is -2.01. The first kappa shape index (κ1) is 13.0. The van der Waals surface area contributed by atoms with Crippen LogP contribution in [0.4, 0.5) is 8.78 Å². The van der Waals surface area contributed by atoms with Gasteiger partial charge in [0.25, 0.3) is 0 Å². The quantitative estimate of drug-likeness (QED) is 0.924. The molecule has 0 aliphatic rings. The summed E-state index contributed by atoms with van der Waals surface area (Å²) in [5.74, 6) is -2.36. The van der Waals surface area contributed by atoms with Gasteiger partial charge in [0.1, 0.15) is 17.4 Å². The number of aromatic carboxylic acids is 1. The minimum absolute atomic E-state index is 0.0793. The molecule has 5 heteroatoms. The van der Waals surface area contributed by atoms with Gasteiger partial charge < -0.3 is 9.84 Å². The molecule has 0 heterocycles. The number of methoxy groups -OCH3 is 1. The van der Waals surface area contributed by atoms with E-state index < -0.39 is 17.6 Å².